The molecule has 0 radical (unpaired) electrons. The molecule has 1 aliphatic rings. The first kappa shape index (κ1) is 12.8. The van der Waals surface area contributed by atoms with Gasteiger partial charge in [0.1, 0.15) is 5.75 Å². The van der Waals surface area contributed by atoms with Crippen LogP contribution in [0.15, 0.2) is 11.4 Å². The molecule has 0 atom stereocenters. The molecule has 2 rings (SSSR count). The van der Waals surface area contributed by atoms with Crippen molar-refractivity contribution in [3.8, 4) is 5.75 Å². The molecule has 1 fully saturated rings. The maximum atomic E-state index is 5.29. The van der Waals surface area contributed by atoms with E-state index in [1.165, 1.54) is 4.88 Å². The molecule has 0 aromatic carbocycles. The molecule has 0 spiro atoms. The zero-order valence-electron chi connectivity index (χ0n) is 8.86. The van der Waals surface area contributed by atoms with E-state index in [1.54, 1.807) is 18.4 Å². The summed E-state index contributed by atoms with van der Waals surface area (Å²) in [5.41, 5.74) is 0. The lowest BCUT2D eigenvalue weighted by Crippen LogP contribution is -2.42. The number of hydrogen-bond donors (Lipinski definition) is 1. The van der Waals surface area contributed by atoms with Gasteiger partial charge in [0.2, 0.25) is 0 Å². The quantitative estimate of drug-likeness (QED) is 0.879. The first-order chi connectivity index (χ1) is 6.90. The molecule has 0 saturated carbocycles. The fourth-order valence-electron chi connectivity index (χ4n) is 1.70. The molecule has 1 aliphatic heterocycles. The fourth-order valence-corrected chi connectivity index (χ4v) is 2.58. The molecule has 3 nitrogen and oxygen atoms in total. The van der Waals surface area contributed by atoms with Crippen LogP contribution in [0.3, 0.4) is 0 Å². The Hall–Kier alpha value is -0.290. The third-order valence-corrected chi connectivity index (χ3v) is 3.39. The first-order valence-corrected chi connectivity index (χ1v) is 5.81. The van der Waals surface area contributed by atoms with Crippen LogP contribution in [0.25, 0.3) is 0 Å². The highest BCUT2D eigenvalue weighted by Crippen LogP contribution is 2.25. The third-order valence-electron chi connectivity index (χ3n) is 2.50. The number of rotatable bonds is 3. The van der Waals surface area contributed by atoms with Crippen LogP contribution in [-0.4, -0.2) is 38.2 Å². The highest BCUT2D eigenvalue weighted by atomic mass is 35.5. The third kappa shape index (κ3) is 3.34. The number of piperazine rings is 1. The zero-order valence-corrected chi connectivity index (χ0v) is 10.5. The highest BCUT2D eigenvalue weighted by molar-refractivity contribution is 7.10. The van der Waals surface area contributed by atoms with Gasteiger partial charge >= 0.3 is 0 Å². The summed E-state index contributed by atoms with van der Waals surface area (Å²) in [5.74, 6) is 1.04. The second-order valence-corrected chi connectivity index (χ2v) is 4.44. The predicted molar refractivity (Wildman–Crippen MR) is 66.3 cm³/mol. The molecule has 1 saturated heterocycles. The summed E-state index contributed by atoms with van der Waals surface area (Å²) in [6.07, 6.45) is 0. The van der Waals surface area contributed by atoms with Crippen molar-refractivity contribution in [2.45, 2.75) is 6.54 Å². The molecule has 0 bridgehead atoms. The Balaban J connectivity index is 0.00000112. The number of hydrogen-bond acceptors (Lipinski definition) is 4. The minimum atomic E-state index is 0. The number of ether oxygens (including phenoxy) is 1. The molecular weight excluding hydrogens is 232 g/mol. The Morgan fingerprint density at radius 2 is 2.20 bits per heavy atom. The normalized spacial score (nSPS) is 17.1. The average molecular weight is 249 g/mol. The van der Waals surface area contributed by atoms with Crippen molar-refractivity contribution in [3.63, 3.8) is 0 Å². The summed E-state index contributed by atoms with van der Waals surface area (Å²) >= 11 is 1.78. The largest absolute Gasteiger partial charge is 0.496 e. The SMILES string of the molecule is COc1ccsc1CN1CCNCC1.Cl. The monoisotopic (exact) mass is 248 g/mol. The Morgan fingerprint density at radius 1 is 1.47 bits per heavy atom. The van der Waals surface area contributed by atoms with Crippen LogP contribution in [0.1, 0.15) is 4.88 Å². The van der Waals surface area contributed by atoms with Gasteiger partial charge in [-0.2, -0.15) is 0 Å². The standard InChI is InChI=1S/C10H16N2OS.ClH/c1-13-9-2-7-14-10(9)8-12-5-3-11-4-6-12;/h2,7,11H,3-6,8H2,1H3;1H. The van der Waals surface area contributed by atoms with Crippen molar-refractivity contribution < 1.29 is 4.74 Å². The summed E-state index contributed by atoms with van der Waals surface area (Å²) in [4.78, 5) is 3.81. The predicted octanol–water partition coefficient (Wildman–Crippen LogP) is 1.58. The average Bonchev–Trinajstić information content (AvgIpc) is 2.67. The van der Waals surface area contributed by atoms with Crippen LogP contribution in [0.4, 0.5) is 0 Å². The summed E-state index contributed by atoms with van der Waals surface area (Å²) in [5, 5.41) is 5.45. The molecule has 1 N–H and O–H groups in total. The van der Waals surface area contributed by atoms with Crippen molar-refractivity contribution in [2.24, 2.45) is 0 Å². The Morgan fingerprint density at radius 3 is 2.87 bits per heavy atom. The van der Waals surface area contributed by atoms with E-state index in [4.69, 9.17) is 4.74 Å². The van der Waals surface area contributed by atoms with Gasteiger partial charge in [-0.25, -0.2) is 0 Å². The van der Waals surface area contributed by atoms with Gasteiger partial charge in [0, 0.05) is 32.7 Å². The molecule has 0 amide bonds. The molecular formula is C10H17ClN2OS. The summed E-state index contributed by atoms with van der Waals surface area (Å²) < 4.78 is 5.29. The minimum absolute atomic E-state index is 0. The van der Waals surface area contributed by atoms with Crippen molar-refractivity contribution in [1.82, 2.24) is 10.2 Å². The fraction of sp³-hybridized carbons (Fsp3) is 0.600. The Kier molecular flexibility index (Phi) is 5.39. The maximum Gasteiger partial charge on any atom is 0.134 e. The van der Waals surface area contributed by atoms with Gasteiger partial charge in [0.25, 0.3) is 0 Å². The Labute approximate surface area is 101 Å². The number of halogens is 1. The van der Waals surface area contributed by atoms with Gasteiger partial charge in [-0.05, 0) is 11.4 Å². The minimum Gasteiger partial charge on any atom is -0.496 e. The van der Waals surface area contributed by atoms with Gasteiger partial charge in [0.05, 0.1) is 12.0 Å². The van der Waals surface area contributed by atoms with Crippen LogP contribution < -0.4 is 10.1 Å². The van der Waals surface area contributed by atoms with Crippen molar-refractivity contribution >= 4 is 23.7 Å². The van der Waals surface area contributed by atoms with E-state index in [9.17, 15) is 0 Å². The van der Waals surface area contributed by atoms with Gasteiger partial charge < -0.3 is 10.1 Å². The molecule has 5 heteroatoms. The molecule has 1 aromatic rings. The number of nitrogens with one attached hydrogen (secondary N) is 1. The number of nitrogens with zero attached hydrogens (tertiary/aromatic N) is 1. The van der Waals surface area contributed by atoms with E-state index in [-0.39, 0.29) is 12.4 Å². The van der Waals surface area contributed by atoms with Crippen LogP contribution in [-0.2, 0) is 6.54 Å². The van der Waals surface area contributed by atoms with Gasteiger partial charge in [-0.3, -0.25) is 4.90 Å². The highest BCUT2D eigenvalue weighted by Gasteiger charge is 2.13. The topological polar surface area (TPSA) is 24.5 Å². The second-order valence-electron chi connectivity index (χ2n) is 3.44. The van der Waals surface area contributed by atoms with Crippen molar-refractivity contribution in [2.75, 3.05) is 33.3 Å². The zero-order chi connectivity index (χ0) is 9.80. The van der Waals surface area contributed by atoms with E-state index in [0.29, 0.717) is 0 Å². The van der Waals surface area contributed by atoms with E-state index in [1.807, 2.05) is 6.07 Å². The lowest BCUT2D eigenvalue weighted by molar-refractivity contribution is 0.232. The van der Waals surface area contributed by atoms with E-state index in [2.05, 4.69) is 15.6 Å². The van der Waals surface area contributed by atoms with Gasteiger partial charge in [-0.15, -0.1) is 23.7 Å². The van der Waals surface area contributed by atoms with E-state index >= 15 is 0 Å². The summed E-state index contributed by atoms with van der Waals surface area (Å²) in [7, 11) is 1.74. The van der Waals surface area contributed by atoms with Crippen LogP contribution in [0.2, 0.25) is 0 Å². The van der Waals surface area contributed by atoms with Crippen molar-refractivity contribution in [3.05, 3.63) is 16.3 Å². The molecule has 86 valence electrons. The van der Waals surface area contributed by atoms with Gasteiger partial charge in [0.15, 0.2) is 0 Å². The summed E-state index contributed by atoms with van der Waals surface area (Å²) in [6.45, 7) is 5.52. The van der Waals surface area contributed by atoms with Crippen molar-refractivity contribution in [1.29, 1.82) is 0 Å². The molecule has 0 aliphatic carbocycles. The molecule has 15 heavy (non-hydrogen) atoms. The van der Waals surface area contributed by atoms with Crippen LogP contribution >= 0.6 is 23.7 Å². The van der Waals surface area contributed by atoms with E-state index < -0.39 is 0 Å². The lowest BCUT2D eigenvalue weighted by atomic mass is 10.3. The van der Waals surface area contributed by atoms with Gasteiger partial charge in [-0.1, -0.05) is 0 Å². The van der Waals surface area contributed by atoms with Crippen LogP contribution in [0.5, 0.6) is 5.75 Å². The van der Waals surface area contributed by atoms with Crippen LogP contribution in [0, 0.1) is 0 Å². The molecule has 1 aromatic heterocycles. The lowest BCUT2D eigenvalue weighted by Gasteiger charge is -2.26. The smallest absolute Gasteiger partial charge is 0.134 e. The maximum absolute atomic E-state index is 5.29. The number of methoxy groups -OCH3 is 1. The molecule has 2 heterocycles. The van der Waals surface area contributed by atoms with E-state index in [0.717, 1.165) is 38.5 Å². The number of thiophene rings is 1. The second kappa shape index (κ2) is 6.33. The Bertz CT molecular complexity index is 287. The first-order valence-electron chi connectivity index (χ1n) is 4.93. The summed E-state index contributed by atoms with van der Waals surface area (Å²) in [6, 6.07) is 2.04. The molecule has 0 unspecified atom stereocenters.